The second kappa shape index (κ2) is 8.82. The maximum atomic E-state index is 12.5. The minimum atomic E-state index is -0.615. The first-order chi connectivity index (χ1) is 14.7. The monoisotopic (exact) mass is 427 g/mol. The molecule has 0 spiro atoms. The molecule has 1 atom stereocenters. The zero-order valence-corrected chi connectivity index (χ0v) is 17.7. The van der Waals surface area contributed by atoms with Gasteiger partial charge in [0, 0.05) is 14.1 Å². The number of aromatic nitrogens is 2. The smallest absolute Gasteiger partial charge is 0.288 e. The summed E-state index contributed by atoms with van der Waals surface area (Å²) in [6, 6.07) is 7.77. The van der Waals surface area contributed by atoms with Crippen molar-refractivity contribution in [2.45, 2.75) is 26.3 Å². The molecule has 2 aromatic heterocycles. The summed E-state index contributed by atoms with van der Waals surface area (Å²) in [4.78, 5) is 38.7. The predicted octanol–water partition coefficient (Wildman–Crippen LogP) is 2.68. The van der Waals surface area contributed by atoms with Crippen molar-refractivity contribution in [1.82, 2.24) is 15.1 Å². The van der Waals surface area contributed by atoms with Crippen LogP contribution < -0.4 is 21.8 Å². The summed E-state index contributed by atoms with van der Waals surface area (Å²) in [5.41, 5.74) is -1.14. The molecule has 0 aliphatic heterocycles. The highest BCUT2D eigenvalue weighted by Crippen LogP contribution is 2.32. The second-order valence-corrected chi connectivity index (χ2v) is 7.24. The lowest BCUT2D eigenvalue weighted by atomic mass is 10.1. The fourth-order valence-electron chi connectivity index (χ4n) is 3.10. The normalized spacial score (nSPS) is 11.7. The molecular formula is C21H25N5O5. The van der Waals surface area contributed by atoms with Gasteiger partial charge >= 0.3 is 0 Å². The number of benzene rings is 1. The first kappa shape index (κ1) is 21.8. The molecule has 0 aliphatic rings. The van der Waals surface area contributed by atoms with Gasteiger partial charge in [-0.15, -0.1) is 0 Å². The number of nitrogens with zero attached hydrogens (tertiary/aromatic N) is 1. The number of furan rings is 1. The molecule has 0 saturated carbocycles. The summed E-state index contributed by atoms with van der Waals surface area (Å²) in [5.74, 6) is 0.604. The fourth-order valence-corrected chi connectivity index (χ4v) is 3.10. The summed E-state index contributed by atoms with van der Waals surface area (Å²) in [5, 5.41) is 21.0. The van der Waals surface area contributed by atoms with Gasteiger partial charge in [-0.3, -0.25) is 24.6 Å². The number of H-pyrrole nitrogens is 2. The van der Waals surface area contributed by atoms with Crippen LogP contribution >= 0.6 is 0 Å². The van der Waals surface area contributed by atoms with Gasteiger partial charge in [0.05, 0.1) is 17.3 Å². The topological polar surface area (TPSA) is 143 Å². The molecule has 3 rings (SSSR count). The van der Waals surface area contributed by atoms with Crippen molar-refractivity contribution in [1.29, 1.82) is 0 Å². The zero-order chi connectivity index (χ0) is 22.7. The molecule has 0 unspecified atom stereocenters. The number of rotatable bonds is 7. The average Bonchev–Trinajstić information content (AvgIpc) is 3.17. The summed E-state index contributed by atoms with van der Waals surface area (Å²) in [6.07, 6.45) is 0.580. The summed E-state index contributed by atoms with van der Waals surface area (Å²) in [6.45, 7) is 3.72. The highest BCUT2D eigenvalue weighted by atomic mass is 16.3. The predicted molar refractivity (Wildman–Crippen MR) is 117 cm³/mol. The van der Waals surface area contributed by atoms with Gasteiger partial charge < -0.3 is 25.1 Å². The van der Waals surface area contributed by atoms with E-state index >= 15 is 0 Å². The number of nitrogens with one attached hydrogen (secondary N) is 4. The Morgan fingerprint density at radius 1 is 1.13 bits per heavy atom. The van der Waals surface area contributed by atoms with Crippen LogP contribution in [0.3, 0.4) is 0 Å². The molecule has 0 radical (unpaired) electrons. The van der Waals surface area contributed by atoms with E-state index in [0.717, 1.165) is 5.76 Å². The molecular weight excluding hydrogens is 402 g/mol. The SMILES string of the molecule is CC[C@@H](Nc1c(Nc2cccc(C(=O)N(C)C)c2O)c(=O)[nH][nH]c1=O)c1ccc(C)o1. The highest BCUT2D eigenvalue weighted by molar-refractivity contribution is 5.98. The lowest BCUT2D eigenvalue weighted by Crippen LogP contribution is -2.27. The first-order valence-corrected chi connectivity index (χ1v) is 9.71. The Bertz CT molecular complexity index is 1210. The number of aromatic hydroxyl groups is 1. The van der Waals surface area contributed by atoms with Crippen molar-refractivity contribution in [2.24, 2.45) is 0 Å². The van der Waals surface area contributed by atoms with Gasteiger partial charge in [0.2, 0.25) is 0 Å². The minimum absolute atomic E-state index is 0.0200. The van der Waals surface area contributed by atoms with Gasteiger partial charge in [-0.1, -0.05) is 13.0 Å². The molecule has 1 aromatic carbocycles. The van der Waals surface area contributed by atoms with Crippen molar-refractivity contribution < 1.29 is 14.3 Å². The third-order valence-corrected chi connectivity index (χ3v) is 4.76. The standard InChI is InChI=1S/C21H25N5O5/c1-5-13(15-10-9-11(2)31-15)22-16-17(20(29)25-24-19(16)28)23-14-8-6-7-12(18(14)27)21(30)26(3)4/h6-10,13,27H,5H2,1-4H3,(H2,22,25,29)(H2,23,24,28)/t13-/m1/s1. The third kappa shape index (κ3) is 4.47. The van der Waals surface area contributed by atoms with Crippen molar-refractivity contribution in [3.05, 3.63) is 68.1 Å². The fraction of sp³-hybridized carbons (Fsp3) is 0.286. The van der Waals surface area contributed by atoms with Gasteiger partial charge in [-0.2, -0.15) is 0 Å². The van der Waals surface area contributed by atoms with E-state index < -0.39 is 17.0 Å². The van der Waals surface area contributed by atoms with Crippen molar-refractivity contribution in [2.75, 3.05) is 24.7 Å². The number of para-hydroxylation sites is 1. The number of phenolic OH excluding ortho intramolecular Hbond substituents is 1. The van der Waals surface area contributed by atoms with Gasteiger partial charge in [0.1, 0.15) is 22.9 Å². The van der Waals surface area contributed by atoms with Crippen LogP contribution in [0.1, 0.15) is 41.3 Å². The number of amides is 1. The molecule has 0 aliphatic carbocycles. The highest BCUT2D eigenvalue weighted by Gasteiger charge is 2.21. The quantitative estimate of drug-likeness (QED) is 0.365. The van der Waals surface area contributed by atoms with Crippen molar-refractivity contribution >= 4 is 23.0 Å². The Kier molecular flexibility index (Phi) is 6.19. The molecule has 0 fully saturated rings. The maximum absolute atomic E-state index is 12.5. The molecule has 164 valence electrons. The molecule has 0 saturated heterocycles. The number of aryl methyl sites for hydroxylation is 1. The molecule has 5 N–H and O–H groups in total. The van der Waals surface area contributed by atoms with E-state index in [1.807, 2.05) is 19.9 Å². The largest absolute Gasteiger partial charge is 0.505 e. The van der Waals surface area contributed by atoms with Gasteiger partial charge in [0.15, 0.2) is 5.75 Å². The second-order valence-electron chi connectivity index (χ2n) is 7.24. The van der Waals surface area contributed by atoms with E-state index in [0.29, 0.717) is 12.2 Å². The Hall–Kier alpha value is -3.95. The van der Waals surface area contributed by atoms with Gasteiger partial charge in [0.25, 0.3) is 17.0 Å². The molecule has 31 heavy (non-hydrogen) atoms. The molecule has 0 bridgehead atoms. The van der Waals surface area contributed by atoms with Gasteiger partial charge in [-0.05, 0) is 37.6 Å². The van der Waals surface area contributed by atoms with Crippen LogP contribution in [-0.2, 0) is 0 Å². The molecule has 1 amide bonds. The summed E-state index contributed by atoms with van der Waals surface area (Å²) < 4.78 is 5.66. The van der Waals surface area contributed by atoms with E-state index in [2.05, 4.69) is 20.8 Å². The number of phenols is 1. The number of aromatic amines is 2. The number of hydrogen-bond acceptors (Lipinski definition) is 7. The zero-order valence-electron chi connectivity index (χ0n) is 17.7. The van der Waals surface area contributed by atoms with Crippen LogP contribution in [-0.4, -0.2) is 40.2 Å². The lowest BCUT2D eigenvalue weighted by Gasteiger charge is -2.19. The number of carbonyl (C=O) groups excluding carboxylic acids is 1. The molecule has 10 nitrogen and oxygen atoms in total. The number of hydrogen-bond donors (Lipinski definition) is 5. The number of carbonyl (C=O) groups is 1. The van der Waals surface area contributed by atoms with Crippen LogP contribution in [0, 0.1) is 6.92 Å². The Morgan fingerprint density at radius 3 is 2.39 bits per heavy atom. The van der Waals surface area contributed by atoms with Crippen LogP contribution in [0.2, 0.25) is 0 Å². The Morgan fingerprint density at radius 2 is 1.81 bits per heavy atom. The van der Waals surface area contributed by atoms with E-state index in [4.69, 9.17) is 4.42 Å². The van der Waals surface area contributed by atoms with Gasteiger partial charge in [-0.25, -0.2) is 0 Å². The molecule has 3 aromatic rings. The number of anilines is 3. The molecule has 2 heterocycles. The van der Waals surface area contributed by atoms with E-state index in [1.54, 1.807) is 26.2 Å². The van der Waals surface area contributed by atoms with Crippen molar-refractivity contribution in [3.63, 3.8) is 0 Å². The van der Waals surface area contributed by atoms with Crippen molar-refractivity contribution in [3.8, 4) is 5.75 Å². The summed E-state index contributed by atoms with van der Waals surface area (Å²) >= 11 is 0. The van der Waals surface area contributed by atoms with E-state index in [1.165, 1.54) is 17.0 Å². The Labute approximate surface area is 177 Å². The van der Waals surface area contributed by atoms with E-state index in [-0.39, 0.29) is 34.4 Å². The minimum Gasteiger partial charge on any atom is -0.505 e. The average molecular weight is 427 g/mol. The molecule has 10 heteroatoms. The van der Waals surface area contributed by atoms with E-state index in [9.17, 15) is 19.5 Å². The van der Waals surface area contributed by atoms with Crippen LogP contribution in [0.5, 0.6) is 5.75 Å². The van der Waals surface area contributed by atoms with Crippen LogP contribution in [0.15, 0.2) is 44.3 Å². The van der Waals surface area contributed by atoms with Crippen LogP contribution in [0.4, 0.5) is 17.1 Å². The third-order valence-electron chi connectivity index (χ3n) is 4.76. The maximum Gasteiger partial charge on any atom is 0.288 e. The lowest BCUT2D eigenvalue weighted by molar-refractivity contribution is 0.0824. The van der Waals surface area contributed by atoms with Crippen LogP contribution in [0.25, 0.3) is 0 Å². The summed E-state index contributed by atoms with van der Waals surface area (Å²) in [7, 11) is 3.12. The Balaban J connectivity index is 2.03. The first-order valence-electron chi connectivity index (χ1n) is 9.71.